The zero-order valence-electron chi connectivity index (χ0n) is 9.82. The molecule has 0 atom stereocenters. The Morgan fingerprint density at radius 2 is 2.06 bits per heavy atom. The van der Waals surface area contributed by atoms with E-state index in [1.165, 1.54) is 7.05 Å². The monoisotopic (exact) mass is 235 g/mol. The minimum atomic E-state index is -0.206. The molecule has 0 bridgehead atoms. The van der Waals surface area contributed by atoms with E-state index in [2.05, 4.69) is 10.6 Å². The standard InChI is InChI=1S/C12H17N3O2/c1-14-12(17)8-15-11(16)6-5-9-3-2-4-10(13)7-9/h2-4,7H,5-6,8,13H2,1H3,(H,14,17)(H,15,16). The lowest BCUT2D eigenvalue weighted by Crippen LogP contribution is -2.35. The normalized spacial score (nSPS) is 9.71. The summed E-state index contributed by atoms with van der Waals surface area (Å²) in [4.78, 5) is 22.3. The van der Waals surface area contributed by atoms with Crippen LogP contribution < -0.4 is 16.4 Å². The highest BCUT2D eigenvalue weighted by atomic mass is 16.2. The number of nitrogens with two attached hydrogens (primary N) is 1. The fourth-order valence-electron chi connectivity index (χ4n) is 1.36. The molecule has 5 heteroatoms. The number of carbonyl (C=O) groups is 2. The van der Waals surface area contributed by atoms with Gasteiger partial charge in [-0.1, -0.05) is 12.1 Å². The van der Waals surface area contributed by atoms with E-state index in [4.69, 9.17) is 5.73 Å². The molecule has 0 radical (unpaired) electrons. The molecule has 1 aromatic carbocycles. The Morgan fingerprint density at radius 1 is 1.29 bits per heavy atom. The van der Waals surface area contributed by atoms with Crippen molar-refractivity contribution in [1.82, 2.24) is 10.6 Å². The first-order valence-electron chi connectivity index (χ1n) is 5.43. The van der Waals surface area contributed by atoms with Crippen molar-refractivity contribution in [3.8, 4) is 0 Å². The number of rotatable bonds is 5. The van der Waals surface area contributed by atoms with Gasteiger partial charge in [0, 0.05) is 19.2 Å². The lowest BCUT2D eigenvalue weighted by Gasteiger charge is -2.04. The van der Waals surface area contributed by atoms with E-state index >= 15 is 0 Å². The van der Waals surface area contributed by atoms with E-state index < -0.39 is 0 Å². The summed E-state index contributed by atoms with van der Waals surface area (Å²) in [6, 6.07) is 7.41. The van der Waals surface area contributed by atoms with Gasteiger partial charge in [0.25, 0.3) is 0 Å². The number of anilines is 1. The highest BCUT2D eigenvalue weighted by Gasteiger charge is 2.04. The summed E-state index contributed by atoms with van der Waals surface area (Å²) in [5.41, 5.74) is 7.33. The fraction of sp³-hybridized carbons (Fsp3) is 0.333. The zero-order chi connectivity index (χ0) is 12.7. The smallest absolute Gasteiger partial charge is 0.239 e. The molecule has 0 fully saturated rings. The first kappa shape index (κ1) is 13.0. The molecule has 5 nitrogen and oxygen atoms in total. The summed E-state index contributed by atoms with van der Waals surface area (Å²) < 4.78 is 0. The van der Waals surface area contributed by atoms with Gasteiger partial charge in [-0.15, -0.1) is 0 Å². The average molecular weight is 235 g/mol. The lowest BCUT2D eigenvalue weighted by atomic mass is 10.1. The SMILES string of the molecule is CNC(=O)CNC(=O)CCc1cccc(N)c1. The van der Waals surface area contributed by atoms with Crippen LogP contribution in [0.2, 0.25) is 0 Å². The molecule has 0 aliphatic heterocycles. The quantitative estimate of drug-likeness (QED) is 0.631. The van der Waals surface area contributed by atoms with Crippen LogP contribution in [0, 0.1) is 0 Å². The van der Waals surface area contributed by atoms with Gasteiger partial charge in [-0.25, -0.2) is 0 Å². The molecule has 0 saturated heterocycles. The van der Waals surface area contributed by atoms with Crippen LogP contribution in [0.4, 0.5) is 5.69 Å². The van der Waals surface area contributed by atoms with E-state index in [1.807, 2.05) is 18.2 Å². The highest BCUT2D eigenvalue weighted by molar-refractivity contribution is 5.84. The first-order chi connectivity index (χ1) is 8.11. The highest BCUT2D eigenvalue weighted by Crippen LogP contribution is 2.08. The van der Waals surface area contributed by atoms with Crippen molar-refractivity contribution in [2.75, 3.05) is 19.3 Å². The van der Waals surface area contributed by atoms with Crippen LogP contribution in [-0.2, 0) is 16.0 Å². The van der Waals surface area contributed by atoms with Gasteiger partial charge in [-0.3, -0.25) is 9.59 Å². The van der Waals surface area contributed by atoms with Crippen LogP contribution in [0.15, 0.2) is 24.3 Å². The van der Waals surface area contributed by atoms with Gasteiger partial charge in [-0.2, -0.15) is 0 Å². The molecule has 0 heterocycles. The second kappa shape index (κ2) is 6.52. The second-order valence-corrected chi connectivity index (χ2v) is 3.69. The lowest BCUT2D eigenvalue weighted by molar-refractivity contribution is -0.125. The topological polar surface area (TPSA) is 84.2 Å². The van der Waals surface area contributed by atoms with Gasteiger partial charge in [0.05, 0.1) is 6.54 Å². The Hall–Kier alpha value is -2.04. The number of carbonyl (C=O) groups excluding carboxylic acids is 2. The molecule has 0 aromatic heterocycles. The molecule has 1 rings (SSSR count). The molecule has 0 aliphatic rings. The summed E-state index contributed by atoms with van der Waals surface area (Å²) in [7, 11) is 1.53. The maximum atomic E-state index is 11.4. The van der Waals surface area contributed by atoms with Crippen LogP contribution in [0.1, 0.15) is 12.0 Å². The van der Waals surface area contributed by atoms with Crippen LogP contribution >= 0.6 is 0 Å². The van der Waals surface area contributed by atoms with Crippen molar-refractivity contribution < 1.29 is 9.59 Å². The fourth-order valence-corrected chi connectivity index (χ4v) is 1.36. The molecule has 4 N–H and O–H groups in total. The van der Waals surface area contributed by atoms with Crippen molar-refractivity contribution in [3.63, 3.8) is 0 Å². The molecular formula is C12H17N3O2. The molecule has 0 unspecified atom stereocenters. The number of hydrogen-bond donors (Lipinski definition) is 3. The maximum absolute atomic E-state index is 11.4. The van der Waals surface area contributed by atoms with E-state index in [-0.39, 0.29) is 18.4 Å². The third-order valence-corrected chi connectivity index (χ3v) is 2.32. The van der Waals surface area contributed by atoms with Crippen molar-refractivity contribution >= 4 is 17.5 Å². The molecule has 92 valence electrons. The minimum absolute atomic E-state index is 0.0201. The van der Waals surface area contributed by atoms with Crippen molar-refractivity contribution in [3.05, 3.63) is 29.8 Å². The third-order valence-electron chi connectivity index (χ3n) is 2.32. The van der Waals surface area contributed by atoms with Gasteiger partial charge < -0.3 is 16.4 Å². The van der Waals surface area contributed by atoms with Crippen LogP contribution in [0.5, 0.6) is 0 Å². The van der Waals surface area contributed by atoms with E-state index in [0.29, 0.717) is 18.5 Å². The summed E-state index contributed by atoms with van der Waals surface area (Å²) in [6.45, 7) is 0.0201. The third kappa shape index (κ3) is 5.01. The molecular weight excluding hydrogens is 218 g/mol. The average Bonchev–Trinajstić information content (AvgIpc) is 2.33. The molecule has 0 aliphatic carbocycles. The Labute approximate surface area is 100 Å². The summed E-state index contributed by atoms with van der Waals surface area (Å²) >= 11 is 0. The zero-order valence-corrected chi connectivity index (χ0v) is 9.82. The Balaban J connectivity index is 2.31. The second-order valence-electron chi connectivity index (χ2n) is 3.69. The molecule has 1 aromatic rings. The minimum Gasteiger partial charge on any atom is -0.399 e. The summed E-state index contributed by atoms with van der Waals surface area (Å²) in [6.07, 6.45) is 0.963. The number of nitrogens with one attached hydrogen (secondary N) is 2. The Bertz CT molecular complexity index is 404. The predicted molar refractivity (Wildman–Crippen MR) is 66.3 cm³/mol. The van der Waals surface area contributed by atoms with E-state index in [9.17, 15) is 9.59 Å². The maximum Gasteiger partial charge on any atom is 0.239 e. The number of hydrogen-bond acceptors (Lipinski definition) is 3. The molecule has 0 spiro atoms. The Morgan fingerprint density at radius 3 is 2.71 bits per heavy atom. The van der Waals surface area contributed by atoms with Crippen molar-refractivity contribution in [1.29, 1.82) is 0 Å². The van der Waals surface area contributed by atoms with Crippen molar-refractivity contribution in [2.45, 2.75) is 12.8 Å². The van der Waals surface area contributed by atoms with Gasteiger partial charge in [-0.05, 0) is 24.1 Å². The van der Waals surface area contributed by atoms with Gasteiger partial charge in [0.1, 0.15) is 0 Å². The number of nitrogen functional groups attached to an aromatic ring is 1. The van der Waals surface area contributed by atoms with Crippen LogP contribution in [0.3, 0.4) is 0 Å². The predicted octanol–water partition coefficient (Wildman–Crippen LogP) is 0.0636. The number of amides is 2. The Kier molecular flexibility index (Phi) is 5.00. The van der Waals surface area contributed by atoms with Crippen molar-refractivity contribution in [2.24, 2.45) is 0 Å². The van der Waals surface area contributed by atoms with Gasteiger partial charge in [0.2, 0.25) is 11.8 Å². The van der Waals surface area contributed by atoms with Gasteiger partial charge >= 0.3 is 0 Å². The number of benzene rings is 1. The summed E-state index contributed by atoms with van der Waals surface area (Å²) in [5, 5.41) is 4.97. The van der Waals surface area contributed by atoms with E-state index in [0.717, 1.165) is 5.56 Å². The summed E-state index contributed by atoms with van der Waals surface area (Å²) in [5.74, 6) is -0.349. The largest absolute Gasteiger partial charge is 0.399 e. The van der Waals surface area contributed by atoms with Crippen LogP contribution in [-0.4, -0.2) is 25.4 Å². The molecule has 0 saturated carbocycles. The number of aryl methyl sites for hydroxylation is 1. The molecule has 2 amide bonds. The van der Waals surface area contributed by atoms with E-state index in [1.54, 1.807) is 6.07 Å². The molecule has 17 heavy (non-hydrogen) atoms. The van der Waals surface area contributed by atoms with Crippen LogP contribution in [0.25, 0.3) is 0 Å². The number of likely N-dealkylation sites (N-methyl/N-ethyl adjacent to an activating group) is 1. The van der Waals surface area contributed by atoms with Gasteiger partial charge in [0.15, 0.2) is 0 Å². The first-order valence-corrected chi connectivity index (χ1v) is 5.43.